The van der Waals surface area contributed by atoms with Gasteiger partial charge in [0.2, 0.25) is 0 Å². The van der Waals surface area contributed by atoms with Crippen LogP contribution in [0.1, 0.15) is 25.7 Å². The van der Waals surface area contributed by atoms with E-state index >= 15 is 0 Å². The molecule has 0 aromatic rings. The topological polar surface area (TPSA) is 52.6 Å². The summed E-state index contributed by atoms with van der Waals surface area (Å²) in [5.41, 5.74) is 0. The van der Waals surface area contributed by atoms with Gasteiger partial charge < -0.3 is 9.05 Å². The fourth-order valence-corrected chi connectivity index (χ4v) is 3.25. The first kappa shape index (κ1) is 14.6. The SMILES string of the molecule is C=CC1CCC(C(=O)CP(=O)(OC)OC)CC1. The van der Waals surface area contributed by atoms with E-state index in [0.717, 1.165) is 25.7 Å². The van der Waals surface area contributed by atoms with E-state index in [1.54, 1.807) is 0 Å². The summed E-state index contributed by atoms with van der Waals surface area (Å²) in [4.78, 5) is 12.0. The van der Waals surface area contributed by atoms with Gasteiger partial charge in [0.15, 0.2) is 0 Å². The van der Waals surface area contributed by atoms with Gasteiger partial charge in [-0.05, 0) is 31.6 Å². The smallest absolute Gasteiger partial charge is 0.312 e. The Labute approximate surface area is 103 Å². The monoisotopic (exact) mass is 260 g/mol. The van der Waals surface area contributed by atoms with E-state index in [-0.39, 0.29) is 17.9 Å². The molecule has 0 aromatic heterocycles. The molecule has 0 bridgehead atoms. The second-order valence-electron chi connectivity index (χ2n) is 4.45. The third kappa shape index (κ3) is 4.06. The van der Waals surface area contributed by atoms with Crippen LogP contribution in [0, 0.1) is 11.8 Å². The van der Waals surface area contributed by atoms with Gasteiger partial charge in [0.25, 0.3) is 0 Å². The van der Waals surface area contributed by atoms with Crippen LogP contribution in [-0.2, 0) is 18.4 Å². The molecule has 1 saturated carbocycles. The van der Waals surface area contributed by atoms with Crippen LogP contribution in [0.25, 0.3) is 0 Å². The van der Waals surface area contributed by atoms with E-state index in [1.807, 2.05) is 6.08 Å². The molecule has 1 aliphatic rings. The summed E-state index contributed by atoms with van der Waals surface area (Å²) in [7, 11) is -0.572. The van der Waals surface area contributed by atoms with Crippen LogP contribution in [0.4, 0.5) is 0 Å². The van der Waals surface area contributed by atoms with Gasteiger partial charge in [-0.1, -0.05) is 6.08 Å². The molecule has 0 N–H and O–H groups in total. The fourth-order valence-electron chi connectivity index (χ4n) is 2.20. The molecule has 0 aromatic carbocycles. The van der Waals surface area contributed by atoms with Crippen LogP contribution in [-0.4, -0.2) is 26.2 Å². The number of hydrogen-bond acceptors (Lipinski definition) is 4. The zero-order chi connectivity index (χ0) is 12.9. The average Bonchev–Trinajstić information content (AvgIpc) is 2.38. The predicted molar refractivity (Wildman–Crippen MR) is 67.1 cm³/mol. The molecule has 5 heteroatoms. The minimum atomic E-state index is -3.20. The summed E-state index contributed by atoms with van der Waals surface area (Å²) in [6, 6.07) is 0. The van der Waals surface area contributed by atoms with Crippen molar-refractivity contribution in [2.45, 2.75) is 25.7 Å². The minimum absolute atomic E-state index is 0.000421. The largest absolute Gasteiger partial charge is 0.337 e. The Balaban J connectivity index is 2.49. The molecule has 0 radical (unpaired) electrons. The lowest BCUT2D eigenvalue weighted by atomic mass is 9.80. The quantitative estimate of drug-likeness (QED) is 0.544. The normalized spacial score (nSPS) is 25.5. The molecule has 4 nitrogen and oxygen atoms in total. The summed E-state index contributed by atoms with van der Waals surface area (Å²) in [6.07, 6.45) is 5.53. The lowest BCUT2D eigenvalue weighted by Crippen LogP contribution is -2.24. The van der Waals surface area contributed by atoms with Gasteiger partial charge in [-0.3, -0.25) is 9.36 Å². The van der Waals surface area contributed by atoms with E-state index in [0.29, 0.717) is 5.92 Å². The molecule has 1 aliphatic carbocycles. The molecular formula is C12H21O4P. The van der Waals surface area contributed by atoms with Gasteiger partial charge in [-0.15, -0.1) is 6.58 Å². The standard InChI is InChI=1S/C12H21O4P/c1-4-10-5-7-11(8-6-10)12(13)9-17(14,15-2)16-3/h4,10-11H,1,5-9H2,2-3H3. The van der Waals surface area contributed by atoms with Crippen LogP contribution in [0.2, 0.25) is 0 Å². The highest BCUT2D eigenvalue weighted by Gasteiger charge is 2.31. The fraction of sp³-hybridized carbons (Fsp3) is 0.750. The van der Waals surface area contributed by atoms with Crippen molar-refractivity contribution in [3.8, 4) is 0 Å². The number of ketones is 1. The van der Waals surface area contributed by atoms with Gasteiger partial charge in [-0.2, -0.15) is 0 Å². The average molecular weight is 260 g/mol. The summed E-state index contributed by atoms with van der Waals surface area (Å²) in [5.74, 6) is 0.528. The van der Waals surface area contributed by atoms with Crippen molar-refractivity contribution in [1.82, 2.24) is 0 Å². The first-order chi connectivity index (χ1) is 8.04. The Hall–Kier alpha value is -0.440. The summed E-state index contributed by atoms with van der Waals surface area (Å²) >= 11 is 0. The molecule has 0 unspecified atom stereocenters. The zero-order valence-electron chi connectivity index (χ0n) is 10.6. The van der Waals surface area contributed by atoms with Gasteiger partial charge in [0, 0.05) is 20.1 Å². The molecule has 1 rings (SSSR count). The second-order valence-corrected chi connectivity index (χ2v) is 6.72. The number of carbonyl (C=O) groups excluding carboxylic acids is 1. The van der Waals surface area contributed by atoms with Crippen molar-refractivity contribution in [3.05, 3.63) is 12.7 Å². The van der Waals surface area contributed by atoms with Crippen molar-refractivity contribution in [1.29, 1.82) is 0 Å². The highest BCUT2D eigenvalue weighted by Crippen LogP contribution is 2.47. The van der Waals surface area contributed by atoms with Gasteiger partial charge in [-0.25, -0.2) is 0 Å². The highest BCUT2D eigenvalue weighted by molar-refractivity contribution is 7.54. The van der Waals surface area contributed by atoms with Crippen molar-refractivity contribution in [2.24, 2.45) is 11.8 Å². The molecule has 0 aliphatic heterocycles. The summed E-state index contributed by atoms with van der Waals surface area (Å²) < 4.78 is 21.4. The third-order valence-corrected chi connectivity index (χ3v) is 5.28. The molecule has 98 valence electrons. The van der Waals surface area contributed by atoms with Gasteiger partial charge in [0.05, 0.1) is 0 Å². The lowest BCUT2D eigenvalue weighted by Gasteiger charge is -2.26. The Morgan fingerprint density at radius 3 is 2.24 bits per heavy atom. The molecule has 0 saturated heterocycles. The van der Waals surface area contributed by atoms with Crippen LogP contribution >= 0.6 is 7.60 Å². The van der Waals surface area contributed by atoms with Crippen molar-refractivity contribution in [3.63, 3.8) is 0 Å². The molecular weight excluding hydrogens is 239 g/mol. The zero-order valence-corrected chi connectivity index (χ0v) is 11.4. The second kappa shape index (κ2) is 6.48. The minimum Gasteiger partial charge on any atom is -0.312 e. The molecule has 17 heavy (non-hydrogen) atoms. The lowest BCUT2D eigenvalue weighted by molar-refractivity contribution is -0.121. The Kier molecular flexibility index (Phi) is 5.57. The first-order valence-electron chi connectivity index (χ1n) is 5.90. The number of rotatable bonds is 6. The summed E-state index contributed by atoms with van der Waals surface area (Å²) in [6.45, 7) is 3.77. The van der Waals surface area contributed by atoms with Crippen molar-refractivity contribution >= 4 is 13.4 Å². The highest BCUT2D eigenvalue weighted by atomic mass is 31.2. The third-order valence-electron chi connectivity index (χ3n) is 3.47. The molecule has 0 spiro atoms. The summed E-state index contributed by atoms with van der Waals surface area (Å²) in [5, 5.41) is 0. The van der Waals surface area contributed by atoms with Crippen LogP contribution < -0.4 is 0 Å². The maximum absolute atomic E-state index is 12.0. The Morgan fingerprint density at radius 2 is 1.82 bits per heavy atom. The van der Waals surface area contributed by atoms with Crippen LogP contribution in [0.5, 0.6) is 0 Å². The van der Waals surface area contributed by atoms with E-state index < -0.39 is 7.60 Å². The predicted octanol–water partition coefficient (Wildman–Crippen LogP) is 3.03. The van der Waals surface area contributed by atoms with Crippen LogP contribution in [0.15, 0.2) is 12.7 Å². The maximum atomic E-state index is 12.0. The van der Waals surface area contributed by atoms with E-state index in [1.165, 1.54) is 14.2 Å². The molecule has 0 amide bonds. The van der Waals surface area contributed by atoms with Crippen LogP contribution in [0.3, 0.4) is 0 Å². The first-order valence-corrected chi connectivity index (χ1v) is 7.63. The number of Topliss-reactive ketones (excluding diaryl/α,β-unsaturated/α-hetero) is 1. The van der Waals surface area contributed by atoms with E-state index in [9.17, 15) is 9.36 Å². The van der Waals surface area contributed by atoms with Crippen molar-refractivity contribution < 1.29 is 18.4 Å². The van der Waals surface area contributed by atoms with Gasteiger partial charge >= 0.3 is 7.60 Å². The number of hydrogen-bond donors (Lipinski definition) is 0. The number of carbonyl (C=O) groups is 1. The van der Waals surface area contributed by atoms with Gasteiger partial charge in [0.1, 0.15) is 11.9 Å². The van der Waals surface area contributed by atoms with E-state index in [4.69, 9.17) is 9.05 Å². The Morgan fingerprint density at radius 1 is 1.29 bits per heavy atom. The molecule has 0 heterocycles. The number of allylic oxidation sites excluding steroid dienone is 1. The molecule has 1 fully saturated rings. The van der Waals surface area contributed by atoms with Crippen molar-refractivity contribution in [2.75, 3.05) is 20.4 Å². The molecule has 0 atom stereocenters. The van der Waals surface area contributed by atoms with E-state index in [2.05, 4.69) is 6.58 Å². The maximum Gasteiger partial charge on any atom is 0.337 e. The Bertz CT molecular complexity index is 310.